The third-order valence-corrected chi connectivity index (χ3v) is 5.96. The summed E-state index contributed by atoms with van der Waals surface area (Å²) in [5, 5.41) is 4.82. The molecule has 4 rings (SSSR count). The minimum Gasteiger partial charge on any atom is -0.497 e. The molecular formula is C25H29N3O3. The molecule has 0 radical (unpaired) electrons. The normalized spacial score (nSPS) is 14.5. The maximum Gasteiger partial charge on any atom is 0.272 e. The van der Waals surface area contributed by atoms with Gasteiger partial charge in [-0.1, -0.05) is 24.6 Å². The minimum atomic E-state index is 0.0127. The molecule has 6 heteroatoms. The first-order valence-corrected chi connectivity index (χ1v) is 10.7. The lowest BCUT2D eigenvalue weighted by molar-refractivity contribution is 0.0688. The second kappa shape index (κ2) is 8.84. The van der Waals surface area contributed by atoms with Crippen molar-refractivity contribution >= 4 is 5.91 Å². The van der Waals surface area contributed by atoms with E-state index in [1.165, 1.54) is 0 Å². The van der Waals surface area contributed by atoms with E-state index in [0.29, 0.717) is 28.8 Å². The van der Waals surface area contributed by atoms with Gasteiger partial charge in [-0.15, -0.1) is 0 Å². The molecular weight excluding hydrogens is 390 g/mol. The number of rotatable bonds is 5. The Bertz CT molecular complexity index is 1060. The van der Waals surface area contributed by atoms with E-state index in [0.717, 1.165) is 42.7 Å². The molecule has 6 nitrogen and oxygen atoms in total. The molecule has 1 aromatic heterocycles. The van der Waals surface area contributed by atoms with Crippen LogP contribution >= 0.6 is 0 Å². The van der Waals surface area contributed by atoms with Crippen LogP contribution < -0.4 is 9.47 Å². The van der Waals surface area contributed by atoms with E-state index in [9.17, 15) is 4.79 Å². The third-order valence-electron chi connectivity index (χ3n) is 5.96. The lowest BCUT2D eigenvalue weighted by Crippen LogP contribution is -2.38. The monoisotopic (exact) mass is 419 g/mol. The van der Waals surface area contributed by atoms with Crippen LogP contribution in [0.15, 0.2) is 48.5 Å². The molecule has 3 aromatic rings. The summed E-state index contributed by atoms with van der Waals surface area (Å²) in [7, 11) is 3.24. The van der Waals surface area contributed by atoms with Gasteiger partial charge >= 0.3 is 0 Å². The Morgan fingerprint density at radius 2 is 1.71 bits per heavy atom. The van der Waals surface area contributed by atoms with Crippen molar-refractivity contribution in [1.82, 2.24) is 14.7 Å². The van der Waals surface area contributed by atoms with Crippen molar-refractivity contribution in [2.75, 3.05) is 27.3 Å². The summed E-state index contributed by atoms with van der Waals surface area (Å²) in [5.41, 5.74) is 4.08. The van der Waals surface area contributed by atoms with Crippen LogP contribution in [-0.4, -0.2) is 47.9 Å². The fourth-order valence-corrected chi connectivity index (χ4v) is 3.93. The molecule has 1 fully saturated rings. The van der Waals surface area contributed by atoms with Gasteiger partial charge in [-0.3, -0.25) is 4.79 Å². The standard InChI is InChI=1S/C25H29N3O3/c1-17-5-7-19(8-6-17)28-23(25(29)27-13-11-18(2)12-14-27)16-22(26-28)21-10-9-20(30-3)15-24(21)31-4/h5-10,15-16,18H,11-14H2,1-4H3. The highest BCUT2D eigenvalue weighted by atomic mass is 16.5. The number of benzene rings is 2. The molecule has 1 amide bonds. The van der Waals surface area contributed by atoms with Gasteiger partial charge < -0.3 is 14.4 Å². The lowest BCUT2D eigenvalue weighted by Gasteiger charge is -2.30. The fraction of sp³-hybridized carbons (Fsp3) is 0.360. The molecule has 1 aliphatic heterocycles. The number of hydrogen-bond donors (Lipinski definition) is 0. The van der Waals surface area contributed by atoms with Gasteiger partial charge in [-0.2, -0.15) is 5.10 Å². The summed E-state index contributed by atoms with van der Waals surface area (Å²) in [6, 6.07) is 15.5. The molecule has 0 unspecified atom stereocenters. The molecule has 0 saturated carbocycles. The Hall–Kier alpha value is -3.28. The number of carbonyl (C=O) groups is 1. The second-order valence-corrected chi connectivity index (χ2v) is 8.20. The molecule has 31 heavy (non-hydrogen) atoms. The highest BCUT2D eigenvalue weighted by Gasteiger charge is 2.26. The predicted molar refractivity (Wildman–Crippen MR) is 121 cm³/mol. The van der Waals surface area contributed by atoms with Crippen LogP contribution in [0.5, 0.6) is 11.5 Å². The van der Waals surface area contributed by atoms with E-state index in [4.69, 9.17) is 14.6 Å². The molecule has 1 saturated heterocycles. The number of carbonyl (C=O) groups excluding carboxylic acids is 1. The quantitative estimate of drug-likeness (QED) is 0.600. The third kappa shape index (κ3) is 4.29. The summed E-state index contributed by atoms with van der Waals surface area (Å²) in [4.78, 5) is 15.4. The number of hydrogen-bond acceptors (Lipinski definition) is 4. The van der Waals surface area contributed by atoms with Crippen molar-refractivity contribution < 1.29 is 14.3 Å². The largest absolute Gasteiger partial charge is 0.497 e. The molecule has 0 N–H and O–H groups in total. The minimum absolute atomic E-state index is 0.0127. The molecule has 0 bridgehead atoms. The Balaban J connectivity index is 1.79. The molecule has 162 valence electrons. The summed E-state index contributed by atoms with van der Waals surface area (Å²) in [6.45, 7) is 5.84. The Morgan fingerprint density at radius 1 is 1.00 bits per heavy atom. The average Bonchev–Trinajstić information content (AvgIpc) is 3.24. The van der Waals surface area contributed by atoms with E-state index in [1.54, 1.807) is 18.9 Å². The van der Waals surface area contributed by atoms with Gasteiger partial charge in [-0.25, -0.2) is 4.68 Å². The zero-order valence-corrected chi connectivity index (χ0v) is 18.6. The number of nitrogens with zero attached hydrogens (tertiary/aromatic N) is 3. The highest BCUT2D eigenvalue weighted by Crippen LogP contribution is 2.34. The molecule has 2 aromatic carbocycles. The van der Waals surface area contributed by atoms with Crippen molar-refractivity contribution in [2.24, 2.45) is 5.92 Å². The Kier molecular flexibility index (Phi) is 5.98. The highest BCUT2D eigenvalue weighted by molar-refractivity contribution is 5.94. The number of amides is 1. The summed E-state index contributed by atoms with van der Waals surface area (Å²) < 4.78 is 12.6. The van der Waals surface area contributed by atoms with E-state index in [-0.39, 0.29) is 5.91 Å². The van der Waals surface area contributed by atoms with Crippen LogP contribution in [0.2, 0.25) is 0 Å². The topological polar surface area (TPSA) is 56.6 Å². The maximum atomic E-state index is 13.5. The van der Waals surface area contributed by atoms with Crippen LogP contribution in [0, 0.1) is 12.8 Å². The summed E-state index contributed by atoms with van der Waals surface area (Å²) in [5.74, 6) is 2.03. The number of piperidine rings is 1. The Morgan fingerprint density at radius 3 is 2.35 bits per heavy atom. The number of likely N-dealkylation sites (tertiary alicyclic amines) is 1. The van der Waals surface area contributed by atoms with Gasteiger partial charge in [0.25, 0.3) is 5.91 Å². The summed E-state index contributed by atoms with van der Waals surface area (Å²) in [6.07, 6.45) is 2.06. The number of methoxy groups -OCH3 is 2. The zero-order chi connectivity index (χ0) is 22.0. The van der Waals surface area contributed by atoms with Gasteiger partial charge in [0.05, 0.1) is 25.6 Å². The zero-order valence-electron chi connectivity index (χ0n) is 18.6. The number of aromatic nitrogens is 2. The van der Waals surface area contributed by atoms with Gasteiger partial charge in [0.15, 0.2) is 0 Å². The van der Waals surface area contributed by atoms with Crippen molar-refractivity contribution in [3.8, 4) is 28.4 Å². The van der Waals surface area contributed by atoms with Crippen molar-refractivity contribution in [1.29, 1.82) is 0 Å². The van der Waals surface area contributed by atoms with E-state index >= 15 is 0 Å². The smallest absolute Gasteiger partial charge is 0.272 e. The summed E-state index contributed by atoms with van der Waals surface area (Å²) >= 11 is 0. The first-order chi connectivity index (χ1) is 15.0. The van der Waals surface area contributed by atoms with Crippen LogP contribution in [0.1, 0.15) is 35.8 Å². The van der Waals surface area contributed by atoms with Crippen LogP contribution in [0.4, 0.5) is 0 Å². The molecule has 0 aliphatic carbocycles. The van der Waals surface area contributed by atoms with Crippen LogP contribution in [0.3, 0.4) is 0 Å². The second-order valence-electron chi connectivity index (χ2n) is 8.20. The Labute approximate surface area is 183 Å². The molecule has 0 spiro atoms. The molecule has 0 atom stereocenters. The van der Waals surface area contributed by atoms with E-state index in [2.05, 4.69) is 6.92 Å². The number of aryl methyl sites for hydroxylation is 1. The SMILES string of the molecule is COc1ccc(-c2cc(C(=O)N3CCC(C)CC3)n(-c3ccc(C)cc3)n2)c(OC)c1. The fourth-order valence-electron chi connectivity index (χ4n) is 3.93. The van der Waals surface area contributed by atoms with Gasteiger partial charge in [0, 0.05) is 24.7 Å². The van der Waals surface area contributed by atoms with Gasteiger partial charge in [-0.05, 0) is 56.0 Å². The number of ether oxygens (including phenoxy) is 2. The van der Waals surface area contributed by atoms with Crippen molar-refractivity contribution in [2.45, 2.75) is 26.7 Å². The van der Waals surface area contributed by atoms with Crippen molar-refractivity contribution in [3.63, 3.8) is 0 Å². The van der Waals surface area contributed by atoms with Crippen LogP contribution in [-0.2, 0) is 0 Å². The first kappa shape index (κ1) is 21.0. The van der Waals surface area contributed by atoms with Gasteiger partial charge in [0.2, 0.25) is 0 Å². The van der Waals surface area contributed by atoms with Crippen LogP contribution in [0.25, 0.3) is 16.9 Å². The van der Waals surface area contributed by atoms with E-state index in [1.807, 2.05) is 60.4 Å². The lowest BCUT2D eigenvalue weighted by atomic mass is 9.99. The van der Waals surface area contributed by atoms with Crippen molar-refractivity contribution in [3.05, 3.63) is 59.8 Å². The van der Waals surface area contributed by atoms with E-state index < -0.39 is 0 Å². The molecule has 1 aliphatic rings. The molecule has 2 heterocycles. The maximum absolute atomic E-state index is 13.5. The average molecular weight is 420 g/mol. The predicted octanol–water partition coefficient (Wildman–Crippen LogP) is 4.74. The van der Waals surface area contributed by atoms with Gasteiger partial charge in [0.1, 0.15) is 17.2 Å². The first-order valence-electron chi connectivity index (χ1n) is 10.7.